The van der Waals surface area contributed by atoms with E-state index in [1.54, 1.807) is 0 Å². The minimum absolute atomic E-state index is 0.0972. The molecule has 0 amide bonds. The van der Waals surface area contributed by atoms with Crippen molar-refractivity contribution in [2.24, 2.45) is 11.8 Å². The summed E-state index contributed by atoms with van der Waals surface area (Å²) in [5.74, 6) is 1.23. The van der Waals surface area contributed by atoms with Crippen LogP contribution in [0.2, 0.25) is 0 Å². The summed E-state index contributed by atoms with van der Waals surface area (Å²) in [6.45, 7) is 4.32. The highest BCUT2D eigenvalue weighted by Crippen LogP contribution is 2.32. The third kappa shape index (κ3) is 1.25. The van der Waals surface area contributed by atoms with Crippen LogP contribution < -0.4 is 0 Å². The second-order valence-electron chi connectivity index (χ2n) is 3.06. The molecule has 1 saturated carbocycles. The van der Waals surface area contributed by atoms with Crippen LogP contribution in [0.15, 0.2) is 0 Å². The maximum absolute atomic E-state index is 8.35. The van der Waals surface area contributed by atoms with E-state index in [4.69, 9.17) is 5.26 Å². The average molecular weight is 130 g/mol. The molecule has 0 heterocycles. The lowest BCUT2D eigenvalue weighted by atomic mass is 9.99. The molecule has 0 aromatic carbocycles. The van der Waals surface area contributed by atoms with Crippen molar-refractivity contribution >= 4 is 0 Å². The van der Waals surface area contributed by atoms with Gasteiger partial charge in [0.05, 0.1) is 6.10 Å². The van der Waals surface area contributed by atoms with Crippen molar-refractivity contribution in [3.05, 3.63) is 0 Å². The van der Waals surface area contributed by atoms with Crippen LogP contribution in [-0.2, 0) is 4.89 Å². The predicted molar refractivity (Wildman–Crippen MR) is 35.1 cm³/mol. The molecule has 1 aliphatic rings. The van der Waals surface area contributed by atoms with E-state index >= 15 is 0 Å². The van der Waals surface area contributed by atoms with E-state index < -0.39 is 0 Å². The molecule has 1 N–H and O–H groups in total. The molecule has 0 aromatic rings. The summed E-state index contributed by atoms with van der Waals surface area (Å²) in [5.41, 5.74) is 0. The van der Waals surface area contributed by atoms with Crippen molar-refractivity contribution in [3.63, 3.8) is 0 Å². The van der Waals surface area contributed by atoms with Crippen LogP contribution in [-0.4, -0.2) is 11.4 Å². The molecule has 1 rings (SSSR count). The van der Waals surface area contributed by atoms with E-state index in [1.165, 1.54) is 6.42 Å². The van der Waals surface area contributed by atoms with Gasteiger partial charge in [-0.2, -0.15) is 0 Å². The number of hydrogen-bond donors (Lipinski definition) is 1. The lowest BCUT2D eigenvalue weighted by molar-refractivity contribution is -0.285. The van der Waals surface area contributed by atoms with E-state index in [2.05, 4.69) is 18.7 Å². The molecule has 0 spiro atoms. The fourth-order valence-corrected chi connectivity index (χ4v) is 1.47. The fourth-order valence-electron chi connectivity index (χ4n) is 1.47. The highest BCUT2D eigenvalue weighted by atomic mass is 17.1. The van der Waals surface area contributed by atoms with Gasteiger partial charge >= 0.3 is 0 Å². The zero-order valence-corrected chi connectivity index (χ0v) is 6.00. The third-order valence-corrected chi connectivity index (χ3v) is 2.53. The smallest absolute Gasteiger partial charge is 0.0955 e. The lowest BCUT2D eigenvalue weighted by Gasteiger charge is -2.13. The largest absolute Gasteiger partial charge is 0.252 e. The van der Waals surface area contributed by atoms with Gasteiger partial charge in [-0.3, -0.25) is 5.26 Å². The van der Waals surface area contributed by atoms with Gasteiger partial charge in [0, 0.05) is 0 Å². The average Bonchev–Trinajstić information content (AvgIpc) is 2.15. The maximum atomic E-state index is 8.35. The lowest BCUT2D eigenvalue weighted by Crippen LogP contribution is -2.16. The zero-order chi connectivity index (χ0) is 6.85. The van der Waals surface area contributed by atoms with Crippen molar-refractivity contribution in [2.45, 2.75) is 32.8 Å². The van der Waals surface area contributed by atoms with Gasteiger partial charge in [0.25, 0.3) is 0 Å². The SMILES string of the molecule is C[C@@H]1[C@@H](C)CC[C@H]1OO. The highest BCUT2D eigenvalue weighted by Gasteiger charge is 2.30. The van der Waals surface area contributed by atoms with E-state index in [1.807, 2.05) is 0 Å². The maximum Gasteiger partial charge on any atom is 0.0955 e. The second kappa shape index (κ2) is 2.67. The predicted octanol–water partition coefficient (Wildman–Crippen LogP) is 1.91. The minimum Gasteiger partial charge on any atom is -0.252 e. The monoisotopic (exact) mass is 130 g/mol. The molecule has 0 saturated heterocycles. The summed E-state index contributed by atoms with van der Waals surface area (Å²) in [7, 11) is 0. The molecule has 9 heavy (non-hydrogen) atoms. The summed E-state index contributed by atoms with van der Waals surface area (Å²) in [4.78, 5) is 4.29. The summed E-state index contributed by atoms with van der Waals surface area (Å²) < 4.78 is 0. The Morgan fingerprint density at radius 2 is 2.00 bits per heavy atom. The molecule has 0 radical (unpaired) electrons. The van der Waals surface area contributed by atoms with E-state index in [-0.39, 0.29) is 6.10 Å². The summed E-state index contributed by atoms with van der Waals surface area (Å²) in [6, 6.07) is 0. The molecule has 1 fully saturated rings. The van der Waals surface area contributed by atoms with E-state index in [0.29, 0.717) is 11.8 Å². The van der Waals surface area contributed by atoms with Crippen molar-refractivity contribution in [1.82, 2.24) is 0 Å². The van der Waals surface area contributed by atoms with Crippen LogP contribution in [0.3, 0.4) is 0 Å². The van der Waals surface area contributed by atoms with Crippen LogP contribution >= 0.6 is 0 Å². The Bertz CT molecular complexity index is 92.9. The number of hydrogen-bond acceptors (Lipinski definition) is 2. The first-order chi connectivity index (χ1) is 4.25. The Labute approximate surface area is 55.8 Å². The van der Waals surface area contributed by atoms with Crippen molar-refractivity contribution in [2.75, 3.05) is 0 Å². The van der Waals surface area contributed by atoms with Gasteiger partial charge in [0.1, 0.15) is 0 Å². The zero-order valence-electron chi connectivity index (χ0n) is 6.00. The molecule has 3 atom stereocenters. The second-order valence-corrected chi connectivity index (χ2v) is 3.06. The van der Waals surface area contributed by atoms with Crippen LogP contribution in [0, 0.1) is 11.8 Å². The molecule has 2 nitrogen and oxygen atoms in total. The fraction of sp³-hybridized carbons (Fsp3) is 1.00. The molecule has 0 aromatic heterocycles. The normalized spacial score (nSPS) is 43.7. The van der Waals surface area contributed by atoms with Gasteiger partial charge < -0.3 is 0 Å². The first-order valence-corrected chi connectivity index (χ1v) is 3.56. The number of rotatable bonds is 1. The van der Waals surface area contributed by atoms with Crippen LogP contribution in [0.5, 0.6) is 0 Å². The molecular formula is C7H14O2. The van der Waals surface area contributed by atoms with Gasteiger partial charge in [-0.05, 0) is 24.7 Å². The Kier molecular flexibility index (Phi) is 2.09. The van der Waals surface area contributed by atoms with Crippen molar-refractivity contribution in [3.8, 4) is 0 Å². The Morgan fingerprint density at radius 3 is 2.22 bits per heavy atom. The van der Waals surface area contributed by atoms with Gasteiger partial charge in [-0.25, -0.2) is 4.89 Å². The van der Waals surface area contributed by atoms with Crippen LogP contribution in [0.4, 0.5) is 0 Å². The minimum atomic E-state index is 0.0972. The first kappa shape index (κ1) is 7.03. The third-order valence-electron chi connectivity index (χ3n) is 2.53. The first-order valence-electron chi connectivity index (χ1n) is 3.56. The molecule has 1 aliphatic carbocycles. The summed E-state index contributed by atoms with van der Waals surface area (Å²) >= 11 is 0. The summed E-state index contributed by atoms with van der Waals surface area (Å²) in [5, 5.41) is 8.35. The van der Waals surface area contributed by atoms with Gasteiger partial charge in [-0.15, -0.1) is 0 Å². The standard InChI is InChI=1S/C7H14O2/c1-5-3-4-7(9-8)6(5)2/h5-8H,3-4H2,1-2H3/t5-,6+,7+/m0/s1. The van der Waals surface area contributed by atoms with Gasteiger partial charge in [0.15, 0.2) is 0 Å². The van der Waals surface area contributed by atoms with Gasteiger partial charge in [0.2, 0.25) is 0 Å². The Hall–Kier alpha value is -0.0800. The summed E-state index contributed by atoms with van der Waals surface area (Å²) in [6.07, 6.45) is 2.30. The highest BCUT2D eigenvalue weighted by molar-refractivity contribution is 4.78. The molecule has 0 unspecified atom stereocenters. The van der Waals surface area contributed by atoms with E-state index in [0.717, 1.165) is 6.42 Å². The van der Waals surface area contributed by atoms with Gasteiger partial charge in [-0.1, -0.05) is 13.8 Å². The van der Waals surface area contributed by atoms with Crippen LogP contribution in [0.25, 0.3) is 0 Å². The quantitative estimate of drug-likeness (QED) is 0.434. The molecule has 0 bridgehead atoms. The topological polar surface area (TPSA) is 29.5 Å². The Morgan fingerprint density at radius 1 is 1.33 bits per heavy atom. The molecule has 54 valence electrons. The Balaban J connectivity index is 2.41. The van der Waals surface area contributed by atoms with Crippen LogP contribution in [0.1, 0.15) is 26.7 Å². The van der Waals surface area contributed by atoms with Crippen molar-refractivity contribution in [1.29, 1.82) is 0 Å². The van der Waals surface area contributed by atoms with Crippen molar-refractivity contribution < 1.29 is 10.1 Å². The molecule has 0 aliphatic heterocycles. The van der Waals surface area contributed by atoms with E-state index in [9.17, 15) is 0 Å². The molecule has 2 heteroatoms. The molecular weight excluding hydrogens is 116 g/mol.